The van der Waals surface area contributed by atoms with E-state index < -0.39 is 17.4 Å². The predicted molar refractivity (Wildman–Crippen MR) is 86.1 cm³/mol. The molecular formula is C16H17ClN2O4. The summed E-state index contributed by atoms with van der Waals surface area (Å²) in [6.07, 6.45) is 1.42. The Bertz CT molecular complexity index is 711. The normalized spacial score (nSPS) is 13.2. The van der Waals surface area contributed by atoms with Crippen LogP contribution >= 0.6 is 11.6 Å². The number of rotatable bonds is 4. The number of hydrogen-bond donors (Lipinski definition) is 3. The van der Waals surface area contributed by atoms with Crippen LogP contribution in [0.15, 0.2) is 41.0 Å². The molecular weight excluding hydrogens is 320 g/mol. The summed E-state index contributed by atoms with van der Waals surface area (Å²) in [5.74, 6) is -1.41. The molecule has 0 spiro atoms. The molecule has 0 aliphatic heterocycles. The zero-order valence-corrected chi connectivity index (χ0v) is 13.5. The third-order valence-corrected chi connectivity index (χ3v) is 3.78. The first-order chi connectivity index (χ1) is 10.8. The highest BCUT2D eigenvalue weighted by Gasteiger charge is 2.28. The van der Waals surface area contributed by atoms with Crippen LogP contribution in [0.25, 0.3) is 0 Å². The van der Waals surface area contributed by atoms with Crippen molar-refractivity contribution in [2.24, 2.45) is 0 Å². The Kier molecular flexibility index (Phi) is 5.08. The SMILES string of the molecule is Cc1c(Cl)cccc1NC(=O)C(=O)NCC(C)(O)c1ccco1. The van der Waals surface area contributed by atoms with Crippen molar-refractivity contribution in [1.29, 1.82) is 0 Å². The van der Waals surface area contributed by atoms with Crippen LogP contribution in [0.3, 0.4) is 0 Å². The molecule has 0 saturated heterocycles. The van der Waals surface area contributed by atoms with Crippen molar-refractivity contribution in [3.8, 4) is 0 Å². The first-order valence-corrected chi connectivity index (χ1v) is 7.30. The molecule has 7 heteroatoms. The second-order valence-electron chi connectivity index (χ2n) is 5.30. The summed E-state index contributed by atoms with van der Waals surface area (Å²) < 4.78 is 5.10. The van der Waals surface area contributed by atoms with E-state index in [-0.39, 0.29) is 6.54 Å². The molecule has 1 aromatic carbocycles. The average molecular weight is 337 g/mol. The van der Waals surface area contributed by atoms with Gasteiger partial charge in [0.1, 0.15) is 11.4 Å². The topological polar surface area (TPSA) is 91.6 Å². The maximum Gasteiger partial charge on any atom is 0.313 e. The number of hydrogen-bond acceptors (Lipinski definition) is 4. The third kappa shape index (κ3) is 4.12. The number of benzene rings is 1. The van der Waals surface area contributed by atoms with Crippen molar-refractivity contribution in [3.63, 3.8) is 0 Å². The van der Waals surface area contributed by atoms with E-state index in [0.717, 1.165) is 0 Å². The maximum atomic E-state index is 11.9. The van der Waals surface area contributed by atoms with Crippen LogP contribution in [0.2, 0.25) is 5.02 Å². The zero-order valence-electron chi connectivity index (χ0n) is 12.7. The van der Waals surface area contributed by atoms with E-state index in [1.54, 1.807) is 37.3 Å². The van der Waals surface area contributed by atoms with Crippen molar-refractivity contribution in [2.45, 2.75) is 19.4 Å². The molecule has 1 atom stereocenters. The van der Waals surface area contributed by atoms with Gasteiger partial charge in [0.2, 0.25) is 0 Å². The van der Waals surface area contributed by atoms with Crippen LogP contribution in [-0.4, -0.2) is 23.5 Å². The summed E-state index contributed by atoms with van der Waals surface area (Å²) in [4.78, 5) is 23.8. The van der Waals surface area contributed by atoms with Crippen LogP contribution in [0.1, 0.15) is 18.2 Å². The highest BCUT2D eigenvalue weighted by molar-refractivity contribution is 6.40. The van der Waals surface area contributed by atoms with Gasteiger partial charge in [0.25, 0.3) is 0 Å². The van der Waals surface area contributed by atoms with Crippen LogP contribution in [0.5, 0.6) is 0 Å². The molecule has 2 rings (SSSR count). The fourth-order valence-electron chi connectivity index (χ4n) is 1.93. The fraction of sp³-hybridized carbons (Fsp3) is 0.250. The van der Waals surface area contributed by atoms with E-state index in [4.69, 9.17) is 16.0 Å². The summed E-state index contributed by atoms with van der Waals surface area (Å²) in [6.45, 7) is 3.05. The molecule has 0 radical (unpaired) electrons. The summed E-state index contributed by atoms with van der Waals surface area (Å²) in [5, 5.41) is 15.6. The van der Waals surface area contributed by atoms with Crippen molar-refractivity contribution < 1.29 is 19.1 Å². The number of nitrogens with one attached hydrogen (secondary N) is 2. The van der Waals surface area contributed by atoms with Crippen LogP contribution in [0, 0.1) is 6.92 Å². The van der Waals surface area contributed by atoms with Crippen LogP contribution < -0.4 is 10.6 Å². The number of amides is 2. The Morgan fingerprint density at radius 3 is 2.65 bits per heavy atom. The quantitative estimate of drug-likeness (QED) is 0.746. The lowest BCUT2D eigenvalue weighted by molar-refractivity contribution is -0.136. The lowest BCUT2D eigenvalue weighted by atomic mass is 10.0. The van der Waals surface area contributed by atoms with Crippen LogP contribution in [0.4, 0.5) is 5.69 Å². The highest BCUT2D eigenvalue weighted by Crippen LogP contribution is 2.23. The van der Waals surface area contributed by atoms with E-state index in [0.29, 0.717) is 22.0 Å². The van der Waals surface area contributed by atoms with Gasteiger partial charge in [-0.1, -0.05) is 17.7 Å². The minimum Gasteiger partial charge on any atom is -0.466 e. The molecule has 2 amide bonds. The maximum absolute atomic E-state index is 11.9. The molecule has 0 saturated carbocycles. The van der Waals surface area contributed by atoms with Crippen LogP contribution in [-0.2, 0) is 15.2 Å². The Hall–Kier alpha value is -2.31. The fourth-order valence-corrected chi connectivity index (χ4v) is 2.10. The highest BCUT2D eigenvalue weighted by atomic mass is 35.5. The van der Waals surface area contributed by atoms with Gasteiger partial charge >= 0.3 is 11.8 Å². The smallest absolute Gasteiger partial charge is 0.313 e. The number of carbonyl (C=O) groups excluding carboxylic acids is 2. The van der Waals surface area contributed by atoms with Gasteiger partial charge in [0.05, 0.1) is 12.8 Å². The van der Waals surface area contributed by atoms with Gasteiger partial charge < -0.3 is 20.2 Å². The molecule has 0 aliphatic carbocycles. The molecule has 0 fully saturated rings. The van der Waals surface area contributed by atoms with Gasteiger partial charge in [-0.05, 0) is 43.7 Å². The Labute approximate surface area is 138 Å². The zero-order chi connectivity index (χ0) is 17.0. The number of anilines is 1. The van der Waals surface area contributed by atoms with E-state index in [9.17, 15) is 14.7 Å². The van der Waals surface area contributed by atoms with Gasteiger partial charge in [-0.25, -0.2) is 0 Å². The van der Waals surface area contributed by atoms with Crippen molar-refractivity contribution in [1.82, 2.24) is 5.32 Å². The number of furan rings is 1. The van der Waals surface area contributed by atoms with Crippen molar-refractivity contribution in [3.05, 3.63) is 52.9 Å². The molecule has 2 aromatic rings. The molecule has 1 unspecified atom stereocenters. The minimum absolute atomic E-state index is 0.165. The summed E-state index contributed by atoms with van der Waals surface area (Å²) in [7, 11) is 0. The number of carbonyl (C=O) groups is 2. The molecule has 1 aromatic heterocycles. The first kappa shape index (κ1) is 17.1. The first-order valence-electron chi connectivity index (χ1n) is 6.92. The molecule has 3 N–H and O–H groups in total. The second-order valence-corrected chi connectivity index (χ2v) is 5.71. The van der Waals surface area contributed by atoms with Gasteiger partial charge in [0.15, 0.2) is 0 Å². The number of aliphatic hydroxyl groups is 1. The second kappa shape index (κ2) is 6.85. The Morgan fingerprint density at radius 2 is 2.00 bits per heavy atom. The predicted octanol–water partition coefficient (Wildman–Crippen LogP) is 2.20. The molecule has 1 heterocycles. The largest absolute Gasteiger partial charge is 0.466 e. The van der Waals surface area contributed by atoms with Crippen molar-refractivity contribution >= 4 is 29.1 Å². The standard InChI is InChI=1S/C16H17ClN2O4/c1-10-11(17)5-3-6-12(10)19-15(21)14(20)18-9-16(2,22)13-7-4-8-23-13/h3-8,22H,9H2,1-2H3,(H,18,20)(H,19,21). The molecule has 122 valence electrons. The monoisotopic (exact) mass is 336 g/mol. The molecule has 0 aliphatic rings. The molecule has 6 nitrogen and oxygen atoms in total. The lowest BCUT2D eigenvalue weighted by Gasteiger charge is -2.21. The van der Waals surface area contributed by atoms with E-state index in [1.165, 1.54) is 13.2 Å². The lowest BCUT2D eigenvalue weighted by Crippen LogP contribution is -2.43. The average Bonchev–Trinajstić information content (AvgIpc) is 3.04. The van der Waals surface area contributed by atoms with Gasteiger partial charge in [-0.15, -0.1) is 0 Å². The van der Waals surface area contributed by atoms with E-state index in [1.807, 2.05) is 0 Å². The number of halogens is 1. The summed E-state index contributed by atoms with van der Waals surface area (Å²) >= 11 is 5.96. The van der Waals surface area contributed by atoms with Crippen molar-refractivity contribution in [2.75, 3.05) is 11.9 Å². The minimum atomic E-state index is -1.41. The Balaban J connectivity index is 1.95. The summed E-state index contributed by atoms with van der Waals surface area (Å²) in [5.41, 5.74) is -0.292. The van der Waals surface area contributed by atoms with Gasteiger partial charge in [-0.2, -0.15) is 0 Å². The third-order valence-electron chi connectivity index (χ3n) is 3.37. The van der Waals surface area contributed by atoms with Gasteiger partial charge in [0, 0.05) is 10.7 Å². The Morgan fingerprint density at radius 1 is 1.26 bits per heavy atom. The van der Waals surface area contributed by atoms with E-state index >= 15 is 0 Å². The molecule has 0 bridgehead atoms. The summed E-state index contributed by atoms with van der Waals surface area (Å²) in [6, 6.07) is 8.21. The van der Waals surface area contributed by atoms with E-state index in [2.05, 4.69) is 10.6 Å². The van der Waals surface area contributed by atoms with Gasteiger partial charge in [-0.3, -0.25) is 9.59 Å². The molecule has 23 heavy (non-hydrogen) atoms.